The molecule has 0 saturated heterocycles. The maximum atomic E-state index is 14.0. The second-order valence-electron chi connectivity index (χ2n) is 5.33. The van der Waals surface area contributed by atoms with Crippen LogP contribution in [0.2, 0.25) is 0 Å². The third-order valence-corrected chi connectivity index (χ3v) is 2.80. The molecule has 4 heteroatoms. The molecule has 18 heavy (non-hydrogen) atoms. The van der Waals surface area contributed by atoms with Gasteiger partial charge in [-0.2, -0.15) is 0 Å². The summed E-state index contributed by atoms with van der Waals surface area (Å²) in [4.78, 5) is 1.82. The van der Waals surface area contributed by atoms with Crippen LogP contribution in [0.25, 0.3) is 0 Å². The SMILES string of the molecule is CCN(CC(C)(C)O)c1ccc(C(C)N)cc1F. The number of aliphatic hydroxyl groups is 1. The molecule has 1 aromatic rings. The van der Waals surface area contributed by atoms with E-state index in [2.05, 4.69) is 0 Å². The first kappa shape index (κ1) is 14.9. The minimum atomic E-state index is -0.859. The minimum Gasteiger partial charge on any atom is -0.389 e. The number of anilines is 1. The molecule has 1 unspecified atom stereocenters. The number of hydrogen-bond acceptors (Lipinski definition) is 3. The van der Waals surface area contributed by atoms with Crippen molar-refractivity contribution in [2.24, 2.45) is 5.73 Å². The molecule has 0 aliphatic carbocycles. The van der Waals surface area contributed by atoms with Crippen LogP contribution in [0.3, 0.4) is 0 Å². The van der Waals surface area contributed by atoms with Gasteiger partial charge >= 0.3 is 0 Å². The summed E-state index contributed by atoms with van der Waals surface area (Å²) in [5, 5.41) is 9.83. The predicted octanol–water partition coefficient (Wildman–Crippen LogP) is 2.44. The zero-order valence-electron chi connectivity index (χ0n) is 11.6. The molecule has 0 aliphatic heterocycles. The van der Waals surface area contributed by atoms with E-state index >= 15 is 0 Å². The Labute approximate surface area is 108 Å². The molecule has 102 valence electrons. The Kier molecular flexibility index (Phi) is 4.71. The Morgan fingerprint density at radius 1 is 1.44 bits per heavy atom. The van der Waals surface area contributed by atoms with Gasteiger partial charge in [-0.3, -0.25) is 0 Å². The normalized spacial score (nSPS) is 13.5. The zero-order chi connectivity index (χ0) is 13.9. The van der Waals surface area contributed by atoms with Crippen LogP contribution in [0, 0.1) is 5.82 Å². The van der Waals surface area contributed by atoms with E-state index < -0.39 is 5.60 Å². The number of hydrogen-bond donors (Lipinski definition) is 2. The van der Waals surface area contributed by atoms with Gasteiger partial charge in [0, 0.05) is 19.1 Å². The van der Waals surface area contributed by atoms with Crippen molar-refractivity contribution in [2.45, 2.75) is 39.3 Å². The second kappa shape index (κ2) is 5.67. The lowest BCUT2D eigenvalue weighted by Crippen LogP contribution is -2.39. The van der Waals surface area contributed by atoms with Crippen LogP contribution in [0.5, 0.6) is 0 Å². The van der Waals surface area contributed by atoms with Gasteiger partial charge in [0.1, 0.15) is 5.82 Å². The largest absolute Gasteiger partial charge is 0.389 e. The number of likely N-dealkylation sites (N-methyl/N-ethyl adjacent to an activating group) is 1. The third-order valence-electron chi connectivity index (χ3n) is 2.80. The van der Waals surface area contributed by atoms with Gasteiger partial charge in [-0.05, 0) is 45.4 Å². The summed E-state index contributed by atoms with van der Waals surface area (Å²) >= 11 is 0. The fourth-order valence-corrected chi connectivity index (χ4v) is 1.90. The molecule has 1 atom stereocenters. The standard InChI is InChI=1S/C14H23FN2O/c1-5-17(9-14(3,4)18)13-7-6-11(10(2)16)8-12(13)15/h6-8,10,18H,5,9,16H2,1-4H3. The summed E-state index contributed by atoms with van der Waals surface area (Å²) < 4.78 is 14.0. The van der Waals surface area contributed by atoms with E-state index in [1.807, 2.05) is 24.8 Å². The first-order valence-corrected chi connectivity index (χ1v) is 6.27. The van der Waals surface area contributed by atoms with Crippen LogP contribution in [-0.2, 0) is 0 Å². The molecule has 0 radical (unpaired) electrons. The van der Waals surface area contributed by atoms with Crippen molar-refractivity contribution < 1.29 is 9.50 Å². The summed E-state index contributed by atoms with van der Waals surface area (Å²) in [7, 11) is 0. The van der Waals surface area contributed by atoms with Crippen LogP contribution in [0.4, 0.5) is 10.1 Å². The van der Waals surface area contributed by atoms with E-state index in [9.17, 15) is 9.50 Å². The Hall–Kier alpha value is -1.13. The van der Waals surface area contributed by atoms with E-state index in [0.717, 1.165) is 5.56 Å². The average Bonchev–Trinajstić information content (AvgIpc) is 2.24. The molecule has 0 fully saturated rings. The molecule has 0 bridgehead atoms. The van der Waals surface area contributed by atoms with Crippen LogP contribution in [0.1, 0.15) is 39.3 Å². The molecular formula is C14H23FN2O. The van der Waals surface area contributed by atoms with Gasteiger partial charge in [0.05, 0.1) is 11.3 Å². The van der Waals surface area contributed by atoms with Gasteiger partial charge in [0.2, 0.25) is 0 Å². The summed E-state index contributed by atoms with van der Waals surface area (Å²) in [6.07, 6.45) is 0. The highest BCUT2D eigenvalue weighted by molar-refractivity contribution is 5.49. The second-order valence-corrected chi connectivity index (χ2v) is 5.33. The van der Waals surface area contributed by atoms with Crippen LogP contribution < -0.4 is 10.6 Å². The van der Waals surface area contributed by atoms with E-state index in [1.165, 1.54) is 6.07 Å². The van der Waals surface area contributed by atoms with E-state index in [-0.39, 0.29) is 11.9 Å². The molecule has 0 heterocycles. The summed E-state index contributed by atoms with van der Waals surface area (Å²) in [6, 6.07) is 4.84. The van der Waals surface area contributed by atoms with Crippen molar-refractivity contribution in [2.75, 3.05) is 18.0 Å². The molecule has 1 rings (SSSR count). The van der Waals surface area contributed by atoms with Crippen LogP contribution >= 0.6 is 0 Å². The van der Waals surface area contributed by atoms with Crippen LogP contribution in [-0.4, -0.2) is 23.8 Å². The molecule has 0 saturated carbocycles. The lowest BCUT2D eigenvalue weighted by molar-refractivity contribution is 0.0874. The van der Waals surface area contributed by atoms with E-state index in [1.54, 1.807) is 19.9 Å². The number of halogens is 1. The smallest absolute Gasteiger partial charge is 0.146 e. The van der Waals surface area contributed by atoms with Crippen molar-refractivity contribution in [1.82, 2.24) is 0 Å². The Bertz CT molecular complexity index is 399. The summed E-state index contributed by atoms with van der Waals surface area (Å²) in [6.45, 7) is 8.21. The molecule has 0 amide bonds. The fraction of sp³-hybridized carbons (Fsp3) is 0.571. The topological polar surface area (TPSA) is 49.5 Å². The molecular weight excluding hydrogens is 231 g/mol. The average molecular weight is 254 g/mol. The molecule has 0 spiro atoms. The van der Waals surface area contributed by atoms with Crippen molar-refractivity contribution in [1.29, 1.82) is 0 Å². The maximum Gasteiger partial charge on any atom is 0.146 e. The van der Waals surface area contributed by atoms with Crippen molar-refractivity contribution in [3.63, 3.8) is 0 Å². The molecule has 3 nitrogen and oxygen atoms in total. The highest BCUT2D eigenvalue weighted by Gasteiger charge is 2.20. The van der Waals surface area contributed by atoms with Crippen molar-refractivity contribution in [3.05, 3.63) is 29.6 Å². The Balaban J connectivity index is 3.00. The van der Waals surface area contributed by atoms with Crippen molar-refractivity contribution >= 4 is 5.69 Å². The lowest BCUT2D eigenvalue weighted by atomic mass is 10.1. The molecule has 1 aromatic carbocycles. The van der Waals surface area contributed by atoms with Gasteiger partial charge in [-0.25, -0.2) is 4.39 Å². The summed E-state index contributed by atoms with van der Waals surface area (Å²) in [5.41, 5.74) is 6.14. The minimum absolute atomic E-state index is 0.182. The number of nitrogens with zero attached hydrogens (tertiary/aromatic N) is 1. The van der Waals surface area contributed by atoms with E-state index in [4.69, 9.17) is 5.73 Å². The van der Waals surface area contributed by atoms with Gasteiger partial charge < -0.3 is 15.7 Å². The fourth-order valence-electron chi connectivity index (χ4n) is 1.90. The predicted molar refractivity (Wildman–Crippen MR) is 73.2 cm³/mol. The Morgan fingerprint density at radius 2 is 2.06 bits per heavy atom. The molecule has 3 N–H and O–H groups in total. The van der Waals surface area contributed by atoms with Gasteiger partial charge in [-0.1, -0.05) is 6.07 Å². The van der Waals surface area contributed by atoms with Gasteiger partial charge in [0.15, 0.2) is 0 Å². The number of benzene rings is 1. The lowest BCUT2D eigenvalue weighted by Gasteiger charge is -2.30. The van der Waals surface area contributed by atoms with Crippen LogP contribution in [0.15, 0.2) is 18.2 Å². The quantitative estimate of drug-likeness (QED) is 0.848. The third kappa shape index (κ3) is 3.96. The molecule has 0 aliphatic rings. The summed E-state index contributed by atoms with van der Waals surface area (Å²) in [5.74, 6) is -0.295. The first-order valence-electron chi connectivity index (χ1n) is 6.27. The molecule has 0 aromatic heterocycles. The number of rotatable bonds is 5. The number of nitrogens with two attached hydrogens (primary N) is 1. The zero-order valence-corrected chi connectivity index (χ0v) is 11.6. The first-order chi connectivity index (χ1) is 8.24. The Morgan fingerprint density at radius 3 is 2.44 bits per heavy atom. The van der Waals surface area contributed by atoms with E-state index in [0.29, 0.717) is 18.8 Å². The van der Waals surface area contributed by atoms with Crippen molar-refractivity contribution in [3.8, 4) is 0 Å². The maximum absolute atomic E-state index is 14.0. The highest BCUT2D eigenvalue weighted by atomic mass is 19.1. The van der Waals surface area contributed by atoms with Gasteiger partial charge in [0.25, 0.3) is 0 Å². The highest BCUT2D eigenvalue weighted by Crippen LogP contribution is 2.24. The monoisotopic (exact) mass is 254 g/mol. The van der Waals surface area contributed by atoms with Gasteiger partial charge in [-0.15, -0.1) is 0 Å².